The topological polar surface area (TPSA) is 87.8 Å². The van der Waals surface area contributed by atoms with Gasteiger partial charge in [0.15, 0.2) is 0 Å². The van der Waals surface area contributed by atoms with Crippen LogP contribution in [0.4, 0.5) is 4.39 Å². The van der Waals surface area contributed by atoms with Gasteiger partial charge in [0.2, 0.25) is 10.0 Å². The molecule has 168 valence electrons. The molecular formula is C24H27FN4O2S. The fraction of sp³-hybridized carbons (Fsp3) is 0.417. The molecule has 1 N–H and O–H groups in total. The predicted octanol–water partition coefficient (Wildman–Crippen LogP) is 5.08. The number of nitrogens with one attached hydrogen (secondary N) is 1. The summed E-state index contributed by atoms with van der Waals surface area (Å²) in [5, 5.41) is 10.5. The first-order chi connectivity index (χ1) is 15.1. The van der Waals surface area contributed by atoms with E-state index < -0.39 is 15.6 Å². The van der Waals surface area contributed by atoms with Gasteiger partial charge in [0, 0.05) is 23.2 Å². The number of benzene rings is 1. The number of hydrogen-bond donors (Lipinski definition) is 1. The molecule has 3 aromatic rings. The molecule has 1 fully saturated rings. The molecule has 0 bridgehead atoms. The number of nitriles is 1. The van der Waals surface area contributed by atoms with E-state index in [9.17, 15) is 18.1 Å². The molecule has 0 spiro atoms. The number of pyridine rings is 1. The van der Waals surface area contributed by atoms with Gasteiger partial charge < -0.3 is 4.57 Å². The second kappa shape index (κ2) is 7.98. The molecule has 2 aromatic heterocycles. The molecule has 0 saturated heterocycles. The first-order valence-electron chi connectivity index (χ1n) is 10.8. The highest BCUT2D eigenvalue weighted by Crippen LogP contribution is 2.42. The van der Waals surface area contributed by atoms with Crippen LogP contribution in [0, 0.1) is 17.1 Å². The van der Waals surface area contributed by atoms with Crippen LogP contribution in [0.25, 0.3) is 22.3 Å². The van der Waals surface area contributed by atoms with Crippen molar-refractivity contribution in [3.05, 3.63) is 47.4 Å². The van der Waals surface area contributed by atoms with Crippen molar-refractivity contribution in [2.45, 2.75) is 69.9 Å². The van der Waals surface area contributed by atoms with Gasteiger partial charge in [-0.3, -0.25) is 4.98 Å². The molecule has 0 radical (unpaired) electrons. The van der Waals surface area contributed by atoms with Crippen LogP contribution < -0.4 is 4.72 Å². The van der Waals surface area contributed by atoms with Crippen LogP contribution in [0.2, 0.25) is 0 Å². The number of hydrogen-bond acceptors (Lipinski definition) is 4. The number of rotatable bonds is 5. The van der Waals surface area contributed by atoms with Crippen LogP contribution in [0.5, 0.6) is 0 Å². The molecule has 0 atom stereocenters. The summed E-state index contributed by atoms with van der Waals surface area (Å²) in [5.41, 5.74) is 2.29. The summed E-state index contributed by atoms with van der Waals surface area (Å²) in [5.74, 6) is -0.323. The van der Waals surface area contributed by atoms with Crippen LogP contribution >= 0.6 is 0 Å². The Hall–Kier alpha value is -2.76. The maximum atomic E-state index is 14.6. The zero-order valence-electron chi connectivity index (χ0n) is 18.7. The van der Waals surface area contributed by atoms with E-state index in [1.165, 1.54) is 18.3 Å². The number of aromatic nitrogens is 2. The molecule has 0 aliphatic heterocycles. The van der Waals surface area contributed by atoms with Crippen LogP contribution in [0.1, 0.15) is 64.1 Å². The van der Waals surface area contributed by atoms with Gasteiger partial charge in [-0.1, -0.05) is 6.92 Å². The summed E-state index contributed by atoms with van der Waals surface area (Å²) < 4.78 is 44.6. The molecule has 0 unspecified atom stereocenters. The minimum atomic E-state index is -3.73. The lowest BCUT2D eigenvalue weighted by Gasteiger charge is -2.30. The van der Waals surface area contributed by atoms with Gasteiger partial charge in [0.25, 0.3) is 0 Å². The van der Waals surface area contributed by atoms with E-state index in [0.29, 0.717) is 34.3 Å². The van der Waals surface area contributed by atoms with Gasteiger partial charge in [-0.2, -0.15) is 5.26 Å². The van der Waals surface area contributed by atoms with Crippen molar-refractivity contribution in [2.75, 3.05) is 0 Å². The molecule has 2 heterocycles. The zero-order chi connectivity index (χ0) is 23.3. The van der Waals surface area contributed by atoms with E-state index in [-0.39, 0.29) is 16.8 Å². The Bertz CT molecular complexity index is 1330. The lowest BCUT2D eigenvalue weighted by Crippen LogP contribution is -2.40. The Morgan fingerprint density at radius 1 is 1.28 bits per heavy atom. The standard InChI is InChI=1S/C24H27FN4O2S/c1-5-15-11-22-18(12-20(15)25)19(13-26)23(29(22)16-7-6-8-16)21-10-9-17(14-27-21)32(30,31)28-24(2,3)4/h9-12,14,16,28H,5-8H2,1-4H3. The lowest BCUT2D eigenvalue weighted by molar-refractivity contribution is 0.324. The van der Waals surface area contributed by atoms with Crippen molar-refractivity contribution in [2.24, 2.45) is 0 Å². The Morgan fingerprint density at radius 2 is 2.00 bits per heavy atom. The monoisotopic (exact) mass is 454 g/mol. The Labute approximate surface area is 188 Å². The van der Waals surface area contributed by atoms with Crippen molar-refractivity contribution in [3.8, 4) is 17.5 Å². The molecule has 1 aromatic carbocycles. The van der Waals surface area contributed by atoms with E-state index in [4.69, 9.17) is 0 Å². The highest BCUT2D eigenvalue weighted by atomic mass is 32.2. The van der Waals surface area contributed by atoms with E-state index >= 15 is 0 Å². The van der Waals surface area contributed by atoms with E-state index in [1.807, 2.05) is 13.0 Å². The van der Waals surface area contributed by atoms with Gasteiger partial charge in [0.05, 0.1) is 22.5 Å². The molecule has 32 heavy (non-hydrogen) atoms. The van der Waals surface area contributed by atoms with Crippen molar-refractivity contribution >= 4 is 20.9 Å². The van der Waals surface area contributed by atoms with Crippen molar-refractivity contribution in [1.82, 2.24) is 14.3 Å². The maximum absolute atomic E-state index is 14.6. The summed E-state index contributed by atoms with van der Waals surface area (Å²) in [6.45, 7) is 7.21. The lowest BCUT2D eigenvalue weighted by atomic mass is 9.92. The summed E-state index contributed by atoms with van der Waals surface area (Å²) in [6, 6.07) is 8.85. The van der Waals surface area contributed by atoms with E-state index in [2.05, 4.69) is 20.3 Å². The van der Waals surface area contributed by atoms with E-state index in [0.717, 1.165) is 24.8 Å². The minimum Gasteiger partial charge on any atom is -0.335 e. The predicted molar refractivity (Wildman–Crippen MR) is 122 cm³/mol. The smallest absolute Gasteiger partial charge is 0.242 e. The van der Waals surface area contributed by atoms with Crippen molar-refractivity contribution in [3.63, 3.8) is 0 Å². The zero-order valence-corrected chi connectivity index (χ0v) is 19.6. The summed E-state index contributed by atoms with van der Waals surface area (Å²) in [4.78, 5) is 4.49. The first-order valence-corrected chi connectivity index (χ1v) is 12.3. The minimum absolute atomic E-state index is 0.0558. The second-order valence-electron chi connectivity index (χ2n) is 9.34. The van der Waals surface area contributed by atoms with Gasteiger partial charge in [-0.15, -0.1) is 0 Å². The van der Waals surface area contributed by atoms with Crippen molar-refractivity contribution < 1.29 is 12.8 Å². The number of sulfonamides is 1. The average molecular weight is 455 g/mol. The number of halogens is 1. The molecular weight excluding hydrogens is 427 g/mol. The number of fused-ring (bicyclic) bond motifs is 1. The Kier molecular flexibility index (Phi) is 5.60. The van der Waals surface area contributed by atoms with Crippen LogP contribution in [-0.4, -0.2) is 23.5 Å². The van der Waals surface area contributed by atoms with Gasteiger partial charge in [-0.05, 0) is 76.3 Å². The van der Waals surface area contributed by atoms with Crippen LogP contribution in [0.3, 0.4) is 0 Å². The van der Waals surface area contributed by atoms with Gasteiger partial charge in [-0.25, -0.2) is 17.5 Å². The molecule has 8 heteroatoms. The van der Waals surface area contributed by atoms with Gasteiger partial charge >= 0.3 is 0 Å². The molecule has 4 rings (SSSR count). The Balaban J connectivity index is 1.90. The molecule has 0 amide bonds. The summed E-state index contributed by atoms with van der Waals surface area (Å²) in [7, 11) is -3.73. The summed E-state index contributed by atoms with van der Waals surface area (Å²) in [6.07, 6.45) is 4.91. The molecule has 1 aliphatic rings. The maximum Gasteiger partial charge on any atom is 0.242 e. The third-order valence-corrected chi connectivity index (χ3v) is 7.58. The second-order valence-corrected chi connectivity index (χ2v) is 11.0. The van der Waals surface area contributed by atoms with E-state index in [1.54, 1.807) is 26.8 Å². The fourth-order valence-corrected chi connectivity index (χ4v) is 5.54. The third kappa shape index (κ3) is 3.91. The average Bonchev–Trinajstić information content (AvgIpc) is 2.97. The third-order valence-electron chi connectivity index (χ3n) is 5.83. The highest BCUT2D eigenvalue weighted by Gasteiger charge is 2.29. The van der Waals surface area contributed by atoms with Crippen LogP contribution in [-0.2, 0) is 16.4 Å². The van der Waals surface area contributed by atoms with Gasteiger partial charge in [0.1, 0.15) is 16.8 Å². The Morgan fingerprint density at radius 3 is 2.50 bits per heavy atom. The normalized spacial score (nSPS) is 15.0. The fourth-order valence-electron chi connectivity index (χ4n) is 4.17. The molecule has 1 saturated carbocycles. The summed E-state index contributed by atoms with van der Waals surface area (Å²) >= 11 is 0. The molecule has 1 aliphatic carbocycles. The highest BCUT2D eigenvalue weighted by molar-refractivity contribution is 7.89. The SMILES string of the molecule is CCc1cc2c(cc1F)c(C#N)c(-c1ccc(S(=O)(=O)NC(C)(C)C)cn1)n2C1CCC1. The first kappa shape index (κ1) is 22.4. The number of aryl methyl sites for hydroxylation is 1. The largest absolute Gasteiger partial charge is 0.335 e. The van der Waals surface area contributed by atoms with Crippen molar-refractivity contribution in [1.29, 1.82) is 5.26 Å². The molecule has 6 nitrogen and oxygen atoms in total. The quantitative estimate of drug-likeness (QED) is 0.582. The van der Waals surface area contributed by atoms with Crippen LogP contribution in [0.15, 0.2) is 35.4 Å². The number of nitrogens with zero attached hydrogens (tertiary/aromatic N) is 3.